The van der Waals surface area contributed by atoms with Crippen molar-refractivity contribution >= 4 is 5.91 Å². The molecule has 1 fully saturated rings. The van der Waals surface area contributed by atoms with Gasteiger partial charge in [0, 0.05) is 31.0 Å². The van der Waals surface area contributed by atoms with Crippen LogP contribution in [0.25, 0.3) is 0 Å². The molecule has 1 aromatic heterocycles. The van der Waals surface area contributed by atoms with Crippen LogP contribution in [0, 0.1) is 12.8 Å². The van der Waals surface area contributed by atoms with E-state index in [2.05, 4.69) is 10.3 Å². The lowest BCUT2D eigenvalue weighted by Gasteiger charge is -2.33. The summed E-state index contributed by atoms with van der Waals surface area (Å²) in [5.74, 6) is -0.266. The number of aryl methyl sites for hydroxylation is 1. The molecule has 0 saturated carbocycles. The Morgan fingerprint density at radius 2 is 2.33 bits per heavy atom. The van der Waals surface area contributed by atoms with Gasteiger partial charge in [0.05, 0.1) is 25.7 Å². The van der Waals surface area contributed by atoms with Gasteiger partial charge in [0.2, 0.25) is 5.91 Å². The van der Waals surface area contributed by atoms with Gasteiger partial charge in [-0.25, -0.2) is 0 Å². The zero-order valence-electron chi connectivity index (χ0n) is 12.4. The Balaban J connectivity index is 1.81. The largest absolute Gasteiger partial charge is 0.390 e. The first-order valence-electron chi connectivity index (χ1n) is 7.08. The number of pyridine rings is 1. The molecule has 1 aliphatic heterocycles. The van der Waals surface area contributed by atoms with Crippen LogP contribution in [0.1, 0.15) is 11.4 Å². The third-order valence-corrected chi connectivity index (χ3v) is 3.63. The molecule has 6 nitrogen and oxygen atoms in total. The maximum Gasteiger partial charge on any atom is 0.226 e. The molecule has 0 aromatic carbocycles. The molecule has 0 spiro atoms. The number of rotatable bonds is 5. The fourth-order valence-electron chi connectivity index (χ4n) is 2.39. The molecule has 2 N–H and O–H groups in total. The summed E-state index contributed by atoms with van der Waals surface area (Å²) in [6, 6.07) is 5.60. The van der Waals surface area contributed by atoms with Crippen molar-refractivity contribution in [3.63, 3.8) is 0 Å². The predicted molar refractivity (Wildman–Crippen MR) is 76.8 cm³/mol. The fraction of sp³-hybridized carbons (Fsp3) is 0.600. The zero-order chi connectivity index (χ0) is 15.2. The van der Waals surface area contributed by atoms with E-state index >= 15 is 0 Å². The molecule has 6 heteroatoms. The van der Waals surface area contributed by atoms with Gasteiger partial charge in [0.25, 0.3) is 0 Å². The van der Waals surface area contributed by atoms with Crippen LogP contribution in [0.4, 0.5) is 0 Å². The minimum Gasteiger partial charge on any atom is -0.390 e. The Hall–Kier alpha value is -1.50. The van der Waals surface area contributed by atoms with Crippen LogP contribution in [0.3, 0.4) is 0 Å². The van der Waals surface area contributed by atoms with E-state index in [9.17, 15) is 9.90 Å². The van der Waals surface area contributed by atoms with Crippen molar-refractivity contribution in [2.45, 2.75) is 25.6 Å². The van der Waals surface area contributed by atoms with Gasteiger partial charge in [-0.3, -0.25) is 9.78 Å². The molecule has 0 radical (unpaired) electrons. The highest BCUT2D eigenvalue weighted by molar-refractivity contribution is 5.78. The molecule has 0 unspecified atom stereocenters. The van der Waals surface area contributed by atoms with Gasteiger partial charge in [0.1, 0.15) is 6.10 Å². The summed E-state index contributed by atoms with van der Waals surface area (Å²) in [6.45, 7) is 3.06. The number of nitrogens with one attached hydrogen (secondary N) is 1. The Bertz CT molecular complexity index is 480. The van der Waals surface area contributed by atoms with Crippen LogP contribution >= 0.6 is 0 Å². The van der Waals surface area contributed by atoms with Crippen LogP contribution in [0.5, 0.6) is 0 Å². The van der Waals surface area contributed by atoms with Crippen molar-refractivity contribution in [3.8, 4) is 0 Å². The lowest BCUT2D eigenvalue weighted by atomic mass is 9.96. The summed E-state index contributed by atoms with van der Waals surface area (Å²) in [6.07, 6.45) is -0.723. The Kier molecular flexibility index (Phi) is 5.67. The number of carbonyl (C=O) groups excluding carboxylic acids is 1. The molecule has 2 rings (SSSR count). The van der Waals surface area contributed by atoms with Crippen LogP contribution in [0.15, 0.2) is 18.2 Å². The Labute approximate surface area is 124 Å². The average Bonchev–Trinajstić information content (AvgIpc) is 2.46. The van der Waals surface area contributed by atoms with E-state index in [4.69, 9.17) is 9.47 Å². The fourth-order valence-corrected chi connectivity index (χ4v) is 2.39. The molecule has 2 heterocycles. The molecule has 1 saturated heterocycles. The first-order valence-corrected chi connectivity index (χ1v) is 7.08. The summed E-state index contributed by atoms with van der Waals surface area (Å²) < 4.78 is 10.5. The zero-order valence-corrected chi connectivity index (χ0v) is 12.4. The average molecular weight is 294 g/mol. The smallest absolute Gasteiger partial charge is 0.226 e. The Morgan fingerprint density at radius 3 is 3.05 bits per heavy atom. The van der Waals surface area contributed by atoms with E-state index in [-0.39, 0.29) is 24.3 Å². The number of methoxy groups -OCH3 is 1. The standard InChI is InChI=1S/C15H22N2O4/c1-10-4-3-5-12(17-10)6-14(18)16-7-11-8-21-9-13(20-2)15(11)19/h3-5,11,13,15,19H,6-9H2,1-2H3,(H,16,18)/t11-,13-,15+/m1/s1. The SMILES string of the molecule is CO[C@@H]1COC[C@@H](CNC(=O)Cc2cccc(C)n2)[C@@H]1O. The molecule has 21 heavy (non-hydrogen) atoms. The Morgan fingerprint density at radius 1 is 1.52 bits per heavy atom. The van der Waals surface area contributed by atoms with E-state index in [1.807, 2.05) is 25.1 Å². The number of hydrogen-bond donors (Lipinski definition) is 2. The van der Waals surface area contributed by atoms with Gasteiger partial charge in [-0.2, -0.15) is 0 Å². The van der Waals surface area contributed by atoms with Gasteiger partial charge in [-0.15, -0.1) is 0 Å². The summed E-state index contributed by atoms with van der Waals surface area (Å²) in [4.78, 5) is 16.2. The quantitative estimate of drug-likeness (QED) is 0.803. The maximum atomic E-state index is 11.9. The molecule has 1 aliphatic rings. The van der Waals surface area contributed by atoms with Gasteiger partial charge in [-0.05, 0) is 19.1 Å². The van der Waals surface area contributed by atoms with Crippen molar-refractivity contribution in [2.24, 2.45) is 5.92 Å². The summed E-state index contributed by atoms with van der Waals surface area (Å²) >= 11 is 0. The van der Waals surface area contributed by atoms with E-state index in [0.717, 1.165) is 11.4 Å². The first-order chi connectivity index (χ1) is 10.1. The summed E-state index contributed by atoms with van der Waals surface area (Å²) in [5, 5.41) is 12.9. The molecule has 1 amide bonds. The summed E-state index contributed by atoms with van der Waals surface area (Å²) in [7, 11) is 1.54. The molecule has 1 aromatic rings. The van der Waals surface area contributed by atoms with E-state index in [1.165, 1.54) is 0 Å². The lowest BCUT2D eigenvalue weighted by molar-refractivity contribution is -0.136. The van der Waals surface area contributed by atoms with Crippen LogP contribution in [-0.4, -0.2) is 55.1 Å². The third kappa shape index (κ3) is 4.49. The molecule has 3 atom stereocenters. The molecule has 0 aliphatic carbocycles. The van der Waals surface area contributed by atoms with Crippen LogP contribution in [-0.2, 0) is 20.7 Å². The van der Waals surface area contributed by atoms with Gasteiger partial charge >= 0.3 is 0 Å². The number of ether oxygens (including phenoxy) is 2. The minimum absolute atomic E-state index is 0.111. The lowest BCUT2D eigenvalue weighted by Crippen LogP contribution is -2.49. The number of carbonyl (C=O) groups is 1. The second-order valence-electron chi connectivity index (χ2n) is 5.31. The van der Waals surface area contributed by atoms with Crippen molar-refractivity contribution in [3.05, 3.63) is 29.6 Å². The first kappa shape index (κ1) is 15.9. The van der Waals surface area contributed by atoms with Crippen LogP contribution < -0.4 is 5.32 Å². The normalized spacial score (nSPS) is 25.6. The number of hydrogen-bond acceptors (Lipinski definition) is 5. The number of aliphatic hydroxyl groups excluding tert-OH is 1. The maximum absolute atomic E-state index is 11.9. The van der Waals surface area contributed by atoms with E-state index in [0.29, 0.717) is 19.8 Å². The van der Waals surface area contributed by atoms with Crippen molar-refractivity contribution in [2.75, 3.05) is 26.9 Å². The van der Waals surface area contributed by atoms with Gasteiger partial charge in [0.15, 0.2) is 0 Å². The topological polar surface area (TPSA) is 80.7 Å². The van der Waals surface area contributed by atoms with E-state index in [1.54, 1.807) is 7.11 Å². The van der Waals surface area contributed by atoms with Crippen molar-refractivity contribution < 1.29 is 19.4 Å². The number of aromatic nitrogens is 1. The van der Waals surface area contributed by atoms with E-state index < -0.39 is 6.10 Å². The molecular weight excluding hydrogens is 272 g/mol. The monoisotopic (exact) mass is 294 g/mol. The highest BCUT2D eigenvalue weighted by atomic mass is 16.5. The minimum atomic E-state index is -0.624. The number of aliphatic hydroxyl groups is 1. The highest BCUT2D eigenvalue weighted by Gasteiger charge is 2.32. The second-order valence-corrected chi connectivity index (χ2v) is 5.31. The summed E-state index contributed by atoms with van der Waals surface area (Å²) in [5.41, 5.74) is 1.63. The van der Waals surface area contributed by atoms with Crippen molar-refractivity contribution in [1.82, 2.24) is 10.3 Å². The second kappa shape index (κ2) is 7.49. The molecule has 0 bridgehead atoms. The predicted octanol–water partition coefficient (Wildman–Crippen LogP) is 0.0710. The number of amides is 1. The van der Waals surface area contributed by atoms with Crippen molar-refractivity contribution in [1.29, 1.82) is 0 Å². The van der Waals surface area contributed by atoms with Gasteiger partial charge in [-0.1, -0.05) is 6.07 Å². The third-order valence-electron chi connectivity index (χ3n) is 3.63. The highest BCUT2D eigenvalue weighted by Crippen LogP contribution is 2.16. The molecular formula is C15H22N2O4. The van der Waals surface area contributed by atoms with Gasteiger partial charge < -0.3 is 19.9 Å². The van der Waals surface area contributed by atoms with Crippen LogP contribution in [0.2, 0.25) is 0 Å². The number of nitrogens with zero attached hydrogens (tertiary/aromatic N) is 1. The molecule has 116 valence electrons.